The highest BCUT2D eigenvalue weighted by Crippen LogP contribution is 2.10. The molecule has 0 aliphatic carbocycles. The molecule has 2 N–H and O–H groups in total. The predicted molar refractivity (Wildman–Crippen MR) is 98.7 cm³/mol. The van der Waals surface area contributed by atoms with Gasteiger partial charge in [0.2, 0.25) is 5.76 Å². The molecule has 0 fully saturated rings. The third-order valence-electron chi connectivity index (χ3n) is 3.61. The lowest BCUT2D eigenvalue weighted by molar-refractivity contribution is -0.210. The summed E-state index contributed by atoms with van der Waals surface area (Å²) in [7, 11) is 0. The van der Waals surface area contributed by atoms with Gasteiger partial charge in [-0.1, -0.05) is 94.7 Å². The van der Waals surface area contributed by atoms with Crippen molar-refractivity contribution in [1.29, 1.82) is 0 Å². The number of hydrogen-bond donors (Lipinski definition) is 2. The van der Waals surface area contributed by atoms with Crippen LogP contribution < -0.4 is 0 Å². The number of unbranched alkanes of at least 4 members (excludes halogenated alkanes) is 9. The predicted octanol–water partition coefficient (Wildman–Crippen LogP) is 6.03. The molecule has 0 rings (SSSR count). The molecule has 4 nitrogen and oxygen atoms in total. The summed E-state index contributed by atoms with van der Waals surface area (Å²) in [5.74, 6) is -1.83. The monoisotopic (exact) mass is 336 g/mol. The van der Waals surface area contributed by atoms with Crippen LogP contribution in [-0.2, 0) is 9.68 Å². The molecule has 0 aliphatic rings. The summed E-state index contributed by atoms with van der Waals surface area (Å²) in [5, 5.41) is 16.9. The number of allylic oxidation sites excluding steroid dienone is 7. The van der Waals surface area contributed by atoms with Crippen LogP contribution in [0.2, 0.25) is 0 Å². The quantitative estimate of drug-likeness (QED) is 0.0956. The molecule has 0 aliphatic heterocycles. The Hall–Kier alpha value is -1.81. The zero-order chi connectivity index (χ0) is 17.9. The number of rotatable bonds is 15. The van der Waals surface area contributed by atoms with Crippen LogP contribution in [0.15, 0.2) is 48.3 Å². The van der Waals surface area contributed by atoms with Crippen LogP contribution >= 0.6 is 0 Å². The summed E-state index contributed by atoms with van der Waals surface area (Å²) in [4.78, 5) is 14.2. The summed E-state index contributed by atoms with van der Waals surface area (Å²) < 4.78 is 0. The van der Waals surface area contributed by atoms with Gasteiger partial charge in [-0.3, -0.25) is 0 Å². The second-order valence-electron chi connectivity index (χ2n) is 5.74. The van der Waals surface area contributed by atoms with Crippen molar-refractivity contribution in [3.63, 3.8) is 0 Å². The van der Waals surface area contributed by atoms with E-state index in [1.807, 2.05) is 12.2 Å². The molecule has 0 aromatic heterocycles. The van der Waals surface area contributed by atoms with E-state index >= 15 is 0 Å². The third-order valence-corrected chi connectivity index (χ3v) is 3.61. The maximum absolute atomic E-state index is 10.5. The van der Waals surface area contributed by atoms with Crippen LogP contribution in [0.25, 0.3) is 0 Å². The van der Waals surface area contributed by atoms with Crippen molar-refractivity contribution in [2.24, 2.45) is 0 Å². The Bertz CT molecular complexity index is 419. The summed E-state index contributed by atoms with van der Waals surface area (Å²) in [6.45, 7) is 2.25. The van der Waals surface area contributed by atoms with E-state index in [9.17, 15) is 4.79 Å². The number of carbonyl (C=O) groups is 1. The van der Waals surface area contributed by atoms with Gasteiger partial charge in [0.1, 0.15) is 0 Å². The van der Waals surface area contributed by atoms with Crippen molar-refractivity contribution in [3.05, 3.63) is 48.3 Å². The minimum absolute atomic E-state index is 0.513. The first kappa shape index (κ1) is 22.2. The lowest BCUT2D eigenvalue weighted by atomic mass is 10.1. The summed E-state index contributed by atoms with van der Waals surface area (Å²) in [6, 6.07) is 0. The zero-order valence-corrected chi connectivity index (χ0v) is 14.8. The van der Waals surface area contributed by atoms with Gasteiger partial charge in [-0.2, -0.15) is 0 Å². The number of carboxylic acids is 1. The van der Waals surface area contributed by atoms with Gasteiger partial charge in [-0.05, 0) is 18.9 Å². The van der Waals surface area contributed by atoms with Gasteiger partial charge in [0, 0.05) is 0 Å². The lowest BCUT2D eigenvalue weighted by Crippen LogP contribution is -2.01. The van der Waals surface area contributed by atoms with E-state index in [1.54, 1.807) is 12.2 Å². The van der Waals surface area contributed by atoms with Crippen molar-refractivity contribution >= 4 is 5.97 Å². The van der Waals surface area contributed by atoms with E-state index in [-0.39, 0.29) is 0 Å². The minimum Gasteiger partial charge on any atom is -0.475 e. The van der Waals surface area contributed by atoms with E-state index in [4.69, 9.17) is 10.4 Å². The Kier molecular flexibility index (Phi) is 16.2. The molecule has 0 atom stereocenters. The standard InChI is InChI=1S/C20H32O4/c1-2-3-4-5-6-7-8-9-10-11-12-13-14-15-16-17-18-19(24-23)20(21)22/h12-18,23H,2-11H2,1H3,(H,21,22)/b13-12-,15-14-,17-16-,19-18-. The molecule has 0 amide bonds. The van der Waals surface area contributed by atoms with Crippen LogP contribution in [0.4, 0.5) is 0 Å². The van der Waals surface area contributed by atoms with Crippen LogP contribution in [0.1, 0.15) is 71.1 Å². The smallest absolute Gasteiger partial charge is 0.375 e. The number of hydrogen-bond acceptors (Lipinski definition) is 3. The largest absolute Gasteiger partial charge is 0.475 e. The minimum atomic E-state index is -1.31. The Balaban J connectivity index is 3.57. The van der Waals surface area contributed by atoms with Gasteiger partial charge in [0.15, 0.2) is 0 Å². The van der Waals surface area contributed by atoms with Crippen molar-refractivity contribution in [2.75, 3.05) is 0 Å². The Morgan fingerprint density at radius 3 is 1.96 bits per heavy atom. The average molecular weight is 336 g/mol. The first-order valence-electron chi connectivity index (χ1n) is 8.97. The van der Waals surface area contributed by atoms with Crippen molar-refractivity contribution in [2.45, 2.75) is 71.1 Å². The van der Waals surface area contributed by atoms with Gasteiger partial charge in [0.25, 0.3) is 0 Å². The number of carboxylic acid groups (broad SMARTS) is 1. The fraction of sp³-hybridized carbons (Fsp3) is 0.550. The lowest BCUT2D eigenvalue weighted by Gasteiger charge is -2.00. The highest BCUT2D eigenvalue weighted by atomic mass is 17.1. The van der Waals surface area contributed by atoms with Crippen LogP contribution in [0, 0.1) is 0 Å². The van der Waals surface area contributed by atoms with E-state index in [1.165, 1.54) is 69.9 Å². The van der Waals surface area contributed by atoms with Crippen molar-refractivity contribution in [1.82, 2.24) is 0 Å². The normalized spacial score (nSPS) is 12.7. The molecular formula is C20H32O4. The van der Waals surface area contributed by atoms with Gasteiger partial charge >= 0.3 is 5.97 Å². The van der Waals surface area contributed by atoms with E-state index < -0.39 is 11.7 Å². The number of aliphatic carboxylic acids is 1. The molecule has 0 radical (unpaired) electrons. The summed E-state index contributed by atoms with van der Waals surface area (Å²) in [5.41, 5.74) is 0. The molecule has 0 spiro atoms. The fourth-order valence-electron chi connectivity index (χ4n) is 2.22. The van der Waals surface area contributed by atoms with Crippen LogP contribution in [0.5, 0.6) is 0 Å². The summed E-state index contributed by atoms with van der Waals surface area (Å²) in [6.07, 6.45) is 25.3. The Morgan fingerprint density at radius 1 is 0.833 bits per heavy atom. The molecule has 0 aromatic carbocycles. The second-order valence-corrected chi connectivity index (χ2v) is 5.74. The third kappa shape index (κ3) is 15.1. The zero-order valence-electron chi connectivity index (χ0n) is 14.8. The average Bonchev–Trinajstić information content (AvgIpc) is 2.57. The SMILES string of the molecule is CCCCCCCCCCC\C=C/C=C\C=C/C=C(\OO)C(=O)O. The molecule has 0 unspecified atom stereocenters. The van der Waals surface area contributed by atoms with Crippen LogP contribution in [0.3, 0.4) is 0 Å². The molecule has 0 saturated carbocycles. The summed E-state index contributed by atoms with van der Waals surface area (Å²) >= 11 is 0. The van der Waals surface area contributed by atoms with Gasteiger partial charge in [-0.15, -0.1) is 0 Å². The van der Waals surface area contributed by atoms with Crippen LogP contribution in [-0.4, -0.2) is 16.3 Å². The molecule has 24 heavy (non-hydrogen) atoms. The van der Waals surface area contributed by atoms with E-state index in [0.29, 0.717) is 0 Å². The highest BCUT2D eigenvalue weighted by molar-refractivity contribution is 5.84. The van der Waals surface area contributed by atoms with E-state index in [2.05, 4.69) is 17.9 Å². The molecule has 0 bridgehead atoms. The molecule has 0 heterocycles. The topological polar surface area (TPSA) is 66.8 Å². The Morgan fingerprint density at radius 2 is 1.38 bits per heavy atom. The molecule has 0 saturated heterocycles. The first-order valence-corrected chi connectivity index (χ1v) is 8.97. The molecule has 0 aromatic rings. The van der Waals surface area contributed by atoms with E-state index in [0.717, 1.165) is 6.42 Å². The maximum atomic E-state index is 10.5. The van der Waals surface area contributed by atoms with Crippen molar-refractivity contribution in [3.8, 4) is 0 Å². The fourth-order valence-corrected chi connectivity index (χ4v) is 2.22. The second kappa shape index (κ2) is 17.5. The van der Waals surface area contributed by atoms with Gasteiger partial charge in [0.05, 0.1) is 0 Å². The first-order chi connectivity index (χ1) is 11.7. The maximum Gasteiger partial charge on any atom is 0.375 e. The van der Waals surface area contributed by atoms with Crippen molar-refractivity contribution < 1.29 is 20.0 Å². The Labute approximate surface area is 146 Å². The highest BCUT2D eigenvalue weighted by Gasteiger charge is 2.05. The molecule has 4 heteroatoms. The molecule has 136 valence electrons. The van der Waals surface area contributed by atoms with Gasteiger partial charge in [-0.25, -0.2) is 10.1 Å². The van der Waals surface area contributed by atoms with Gasteiger partial charge < -0.3 is 9.99 Å². The molecular weight excluding hydrogens is 304 g/mol.